The van der Waals surface area contributed by atoms with Gasteiger partial charge in [0.1, 0.15) is 5.75 Å². The number of ether oxygens (including phenoxy) is 1. The Kier molecular flexibility index (Phi) is 6.99. The lowest BCUT2D eigenvalue weighted by Crippen LogP contribution is -2.29. The Balaban J connectivity index is 2.24. The van der Waals surface area contributed by atoms with Crippen molar-refractivity contribution in [3.63, 3.8) is 0 Å². The van der Waals surface area contributed by atoms with Crippen molar-refractivity contribution in [3.8, 4) is 5.75 Å². The first-order chi connectivity index (χ1) is 11.5. The van der Waals surface area contributed by atoms with Gasteiger partial charge in [0.2, 0.25) is 5.78 Å². The zero-order valence-corrected chi connectivity index (χ0v) is 16.0. The molecule has 0 bridgehead atoms. The van der Waals surface area contributed by atoms with E-state index in [9.17, 15) is 4.79 Å². The number of hydrogen-bond donors (Lipinski definition) is 0. The first-order valence-corrected chi connectivity index (χ1v) is 9.23. The van der Waals surface area contributed by atoms with Gasteiger partial charge in [-0.3, -0.25) is 4.79 Å². The fourth-order valence-electron chi connectivity index (χ4n) is 2.90. The predicted octanol–water partition coefficient (Wildman–Crippen LogP) is 5.01. The normalized spacial score (nSPS) is 12.0. The van der Waals surface area contributed by atoms with Crippen LogP contribution in [0.5, 0.6) is 5.75 Å². The Morgan fingerprint density at radius 2 is 1.67 bits per heavy atom. The van der Waals surface area contributed by atoms with Gasteiger partial charge in [0.25, 0.3) is 0 Å². The number of carbonyl (C=O) groups excluding carboxylic acids is 1. The number of aryl methyl sites for hydroxylation is 2. The molecule has 0 amide bonds. The van der Waals surface area contributed by atoms with E-state index in [2.05, 4.69) is 16.2 Å². The molecule has 0 aliphatic carbocycles. The summed E-state index contributed by atoms with van der Waals surface area (Å²) in [4.78, 5) is 13.1. The molecule has 2 unspecified atom stereocenters. The van der Waals surface area contributed by atoms with Gasteiger partial charge in [0.05, 0.1) is 0 Å². The summed E-state index contributed by atoms with van der Waals surface area (Å²) in [5, 5.41) is 1.10. The smallest absolute Gasteiger partial charge is 0.203 e. The minimum Gasteiger partial charge on any atom is -0.482 e. The molecular weight excluding hydrogens is 315 g/mol. The molecule has 0 saturated heterocycles. The van der Waals surface area contributed by atoms with Crippen LogP contribution >= 0.6 is 9.24 Å². The van der Waals surface area contributed by atoms with Crippen LogP contribution in [0.25, 0.3) is 0 Å². The van der Waals surface area contributed by atoms with Crippen molar-refractivity contribution < 1.29 is 9.53 Å². The van der Waals surface area contributed by atoms with E-state index in [4.69, 9.17) is 4.74 Å². The third-order valence-electron chi connectivity index (χ3n) is 4.25. The SMILES string of the molecule is CCCCCC(Oc1ccc(P)cc1)C(=O)c1c(C)cccc1C. The molecule has 0 aliphatic rings. The molecule has 0 spiro atoms. The molecule has 128 valence electrons. The highest BCUT2D eigenvalue weighted by Gasteiger charge is 2.24. The number of unbranched alkanes of at least 4 members (excludes halogenated alkanes) is 2. The van der Waals surface area contributed by atoms with Crippen LogP contribution in [-0.4, -0.2) is 11.9 Å². The molecule has 2 aromatic rings. The molecule has 0 heterocycles. The minimum atomic E-state index is -0.424. The third-order valence-corrected chi connectivity index (χ3v) is 4.63. The topological polar surface area (TPSA) is 26.3 Å². The summed E-state index contributed by atoms with van der Waals surface area (Å²) in [6.07, 6.45) is 3.57. The van der Waals surface area contributed by atoms with Crippen molar-refractivity contribution in [3.05, 3.63) is 59.2 Å². The van der Waals surface area contributed by atoms with E-state index >= 15 is 0 Å². The second-order valence-electron chi connectivity index (χ2n) is 6.30. The van der Waals surface area contributed by atoms with E-state index in [1.54, 1.807) is 0 Å². The lowest BCUT2D eigenvalue weighted by molar-refractivity contribution is 0.0773. The third kappa shape index (κ3) is 4.92. The monoisotopic (exact) mass is 342 g/mol. The number of Topliss-reactive ketones (excluding diaryl/α,β-unsaturated/α-hetero) is 1. The molecule has 2 rings (SSSR count). The molecule has 2 atom stereocenters. The molecule has 2 aromatic carbocycles. The zero-order valence-electron chi connectivity index (χ0n) is 14.8. The number of benzene rings is 2. The fraction of sp³-hybridized carbons (Fsp3) is 0.381. The highest BCUT2D eigenvalue weighted by Crippen LogP contribution is 2.22. The summed E-state index contributed by atoms with van der Waals surface area (Å²) < 4.78 is 6.08. The molecular formula is C21H27O2P. The summed E-state index contributed by atoms with van der Waals surface area (Å²) in [5.41, 5.74) is 2.84. The van der Waals surface area contributed by atoms with E-state index in [0.717, 1.165) is 53.4 Å². The maximum absolute atomic E-state index is 13.1. The van der Waals surface area contributed by atoms with Gasteiger partial charge in [0, 0.05) is 5.56 Å². The van der Waals surface area contributed by atoms with E-state index in [-0.39, 0.29) is 5.78 Å². The van der Waals surface area contributed by atoms with Gasteiger partial charge in [0.15, 0.2) is 6.10 Å². The largest absolute Gasteiger partial charge is 0.482 e. The van der Waals surface area contributed by atoms with Crippen LogP contribution in [0.2, 0.25) is 0 Å². The van der Waals surface area contributed by atoms with Crippen LogP contribution < -0.4 is 10.0 Å². The predicted molar refractivity (Wildman–Crippen MR) is 105 cm³/mol. The second kappa shape index (κ2) is 8.99. The van der Waals surface area contributed by atoms with E-state index in [0.29, 0.717) is 0 Å². The average molecular weight is 342 g/mol. The fourth-order valence-corrected chi connectivity index (χ4v) is 3.09. The first kappa shape index (κ1) is 18.7. The number of rotatable bonds is 8. The quantitative estimate of drug-likeness (QED) is 0.383. The first-order valence-electron chi connectivity index (χ1n) is 8.65. The Hall–Kier alpha value is -1.66. The summed E-state index contributed by atoms with van der Waals surface area (Å²) in [6.45, 7) is 6.15. The maximum atomic E-state index is 13.1. The maximum Gasteiger partial charge on any atom is 0.203 e. The van der Waals surface area contributed by atoms with Crippen molar-refractivity contribution >= 4 is 20.3 Å². The molecule has 2 nitrogen and oxygen atoms in total. The summed E-state index contributed by atoms with van der Waals surface area (Å²) in [7, 11) is 2.66. The van der Waals surface area contributed by atoms with Crippen LogP contribution in [0.15, 0.2) is 42.5 Å². The van der Waals surface area contributed by atoms with Gasteiger partial charge in [-0.2, -0.15) is 0 Å². The molecule has 24 heavy (non-hydrogen) atoms. The lowest BCUT2D eigenvalue weighted by Gasteiger charge is -2.20. The molecule has 0 fully saturated rings. The van der Waals surface area contributed by atoms with Gasteiger partial charge in [-0.25, -0.2) is 0 Å². The lowest BCUT2D eigenvalue weighted by atomic mass is 9.94. The Morgan fingerprint density at radius 1 is 1.04 bits per heavy atom. The van der Waals surface area contributed by atoms with Crippen LogP contribution in [0.1, 0.15) is 54.1 Å². The standard InChI is InChI=1S/C21H27O2P/c1-4-5-6-10-19(23-17-11-13-18(24)14-12-17)21(22)20-15(2)8-7-9-16(20)3/h7-9,11-14,19H,4-6,10,24H2,1-3H3. The van der Waals surface area contributed by atoms with Gasteiger partial charge in [-0.1, -0.05) is 50.1 Å². The van der Waals surface area contributed by atoms with Gasteiger partial charge >= 0.3 is 0 Å². The van der Waals surface area contributed by atoms with Gasteiger partial charge in [-0.15, -0.1) is 9.24 Å². The molecule has 0 N–H and O–H groups in total. The molecule has 0 aliphatic heterocycles. The van der Waals surface area contributed by atoms with Crippen molar-refractivity contribution in [2.45, 2.75) is 52.6 Å². The summed E-state index contributed by atoms with van der Waals surface area (Å²) >= 11 is 0. The number of hydrogen-bond acceptors (Lipinski definition) is 2. The number of ketones is 1. The average Bonchev–Trinajstić information content (AvgIpc) is 2.55. The van der Waals surface area contributed by atoms with Crippen molar-refractivity contribution in [2.24, 2.45) is 0 Å². The van der Waals surface area contributed by atoms with E-state index in [1.165, 1.54) is 0 Å². The summed E-state index contributed by atoms with van der Waals surface area (Å²) in [5.74, 6) is 0.846. The van der Waals surface area contributed by atoms with Crippen molar-refractivity contribution in [2.75, 3.05) is 0 Å². The molecule has 0 aromatic heterocycles. The van der Waals surface area contributed by atoms with Crippen LogP contribution in [0.4, 0.5) is 0 Å². The van der Waals surface area contributed by atoms with Crippen LogP contribution in [0.3, 0.4) is 0 Å². The van der Waals surface area contributed by atoms with Gasteiger partial charge in [-0.05, 0) is 55.3 Å². The zero-order chi connectivity index (χ0) is 17.5. The number of carbonyl (C=O) groups is 1. The van der Waals surface area contributed by atoms with E-state index < -0.39 is 6.10 Å². The second-order valence-corrected chi connectivity index (χ2v) is 6.97. The summed E-state index contributed by atoms with van der Waals surface area (Å²) in [6, 6.07) is 13.8. The molecule has 0 saturated carbocycles. The highest BCUT2D eigenvalue weighted by atomic mass is 31.0. The van der Waals surface area contributed by atoms with Gasteiger partial charge < -0.3 is 4.74 Å². The molecule has 3 heteroatoms. The highest BCUT2D eigenvalue weighted by molar-refractivity contribution is 7.27. The van der Waals surface area contributed by atoms with E-state index in [1.807, 2.05) is 56.3 Å². The molecule has 0 radical (unpaired) electrons. The Morgan fingerprint density at radius 3 is 2.25 bits per heavy atom. The van der Waals surface area contributed by atoms with Crippen molar-refractivity contribution in [1.29, 1.82) is 0 Å². The Bertz CT molecular complexity index is 656. The van der Waals surface area contributed by atoms with Crippen LogP contribution in [0, 0.1) is 13.8 Å². The van der Waals surface area contributed by atoms with Crippen LogP contribution in [-0.2, 0) is 0 Å². The minimum absolute atomic E-state index is 0.0941. The Labute approximate surface area is 147 Å². The van der Waals surface area contributed by atoms with Crippen molar-refractivity contribution in [1.82, 2.24) is 0 Å².